The lowest BCUT2D eigenvalue weighted by Crippen LogP contribution is -2.57. The number of rotatable bonds is 5. The van der Waals surface area contributed by atoms with E-state index in [9.17, 15) is 9.59 Å². The molecule has 3 unspecified atom stereocenters. The third-order valence-corrected chi connectivity index (χ3v) is 5.85. The number of hydrogen-bond acceptors (Lipinski definition) is 4. The van der Waals surface area contributed by atoms with Crippen molar-refractivity contribution in [1.29, 1.82) is 0 Å². The molecule has 2 aliphatic rings. The van der Waals surface area contributed by atoms with E-state index in [1.54, 1.807) is 0 Å². The van der Waals surface area contributed by atoms with Crippen LogP contribution < -0.4 is 10.6 Å². The van der Waals surface area contributed by atoms with E-state index in [1.165, 1.54) is 0 Å². The average molecular weight is 358 g/mol. The number of amides is 2. The van der Waals surface area contributed by atoms with Crippen LogP contribution in [0.5, 0.6) is 0 Å². The van der Waals surface area contributed by atoms with Crippen molar-refractivity contribution in [2.45, 2.75) is 38.8 Å². The smallest absolute Gasteiger partial charge is 0.244 e. The van der Waals surface area contributed by atoms with Crippen molar-refractivity contribution in [1.82, 2.24) is 9.80 Å². The molecular weight excluding hydrogens is 328 g/mol. The normalized spacial score (nSPS) is 24.0. The fourth-order valence-corrected chi connectivity index (χ4v) is 3.83. The van der Waals surface area contributed by atoms with Gasteiger partial charge in [-0.05, 0) is 24.5 Å². The molecule has 2 amide bonds. The summed E-state index contributed by atoms with van der Waals surface area (Å²) in [5.41, 5.74) is 7.06. The first-order valence-electron chi connectivity index (χ1n) is 9.67. The van der Waals surface area contributed by atoms with Crippen LogP contribution in [0, 0.1) is 5.92 Å². The number of benzene rings is 1. The summed E-state index contributed by atoms with van der Waals surface area (Å²) in [5.74, 6) is 0.409. The summed E-state index contributed by atoms with van der Waals surface area (Å²) in [5, 5.41) is 0. The Bertz CT molecular complexity index is 628. The third kappa shape index (κ3) is 3.76. The van der Waals surface area contributed by atoms with Crippen LogP contribution in [-0.4, -0.2) is 66.4 Å². The molecule has 0 aromatic heterocycles. The van der Waals surface area contributed by atoms with Gasteiger partial charge in [-0.15, -0.1) is 0 Å². The van der Waals surface area contributed by atoms with Crippen LogP contribution in [0.1, 0.15) is 26.7 Å². The predicted octanol–water partition coefficient (Wildman–Crippen LogP) is 1.31. The van der Waals surface area contributed by atoms with Crippen LogP contribution in [0.25, 0.3) is 0 Å². The van der Waals surface area contributed by atoms with Crippen LogP contribution in [0.15, 0.2) is 30.3 Å². The average Bonchev–Trinajstić information content (AvgIpc) is 3.08. The quantitative estimate of drug-likeness (QED) is 0.862. The van der Waals surface area contributed by atoms with E-state index in [1.807, 2.05) is 47.1 Å². The largest absolute Gasteiger partial charge is 0.339 e. The Labute approximate surface area is 155 Å². The Kier molecular flexibility index (Phi) is 5.94. The standard InChI is InChI=1S/C20H30N4O2/c1-3-15(2)18(21)20(26)23-13-11-22(12-14-23)17-9-10-24(19(17)25)16-7-5-4-6-8-16/h4-8,15,17-18H,3,9-14,21H2,1-2H3. The molecule has 2 N–H and O–H groups in total. The van der Waals surface area contributed by atoms with Crippen molar-refractivity contribution >= 4 is 17.5 Å². The van der Waals surface area contributed by atoms with E-state index < -0.39 is 6.04 Å². The Balaban J connectivity index is 1.56. The number of carbonyl (C=O) groups is 2. The minimum absolute atomic E-state index is 0.0441. The molecule has 0 spiro atoms. The molecule has 0 radical (unpaired) electrons. The molecule has 2 saturated heterocycles. The Morgan fingerprint density at radius 2 is 1.81 bits per heavy atom. The van der Waals surface area contributed by atoms with E-state index in [4.69, 9.17) is 5.73 Å². The molecule has 26 heavy (non-hydrogen) atoms. The molecule has 6 nitrogen and oxygen atoms in total. The SMILES string of the molecule is CCC(C)C(N)C(=O)N1CCN(C2CCN(c3ccccc3)C2=O)CC1. The van der Waals surface area contributed by atoms with Gasteiger partial charge in [0.1, 0.15) is 0 Å². The minimum Gasteiger partial charge on any atom is -0.339 e. The molecule has 142 valence electrons. The second kappa shape index (κ2) is 8.18. The van der Waals surface area contributed by atoms with Gasteiger partial charge < -0.3 is 15.5 Å². The van der Waals surface area contributed by atoms with Crippen LogP contribution in [0.2, 0.25) is 0 Å². The summed E-state index contributed by atoms with van der Waals surface area (Å²) in [4.78, 5) is 31.3. The first kappa shape index (κ1) is 18.9. The van der Waals surface area contributed by atoms with Gasteiger partial charge in [-0.25, -0.2) is 0 Å². The molecule has 2 aliphatic heterocycles. The number of anilines is 1. The van der Waals surface area contributed by atoms with Crippen LogP contribution >= 0.6 is 0 Å². The van der Waals surface area contributed by atoms with Crippen molar-refractivity contribution in [3.05, 3.63) is 30.3 Å². The summed E-state index contributed by atoms with van der Waals surface area (Å²) in [6.45, 7) is 7.60. The van der Waals surface area contributed by atoms with Crippen LogP contribution in [0.4, 0.5) is 5.69 Å². The Morgan fingerprint density at radius 3 is 2.42 bits per heavy atom. The lowest BCUT2D eigenvalue weighted by Gasteiger charge is -2.38. The van der Waals surface area contributed by atoms with Gasteiger partial charge in [-0.3, -0.25) is 14.5 Å². The van der Waals surface area contributed by atoms with E-state index in [-0.39, 0.29) is 23.8 Å². The monoisotopic (exact) mass is 358 g/mol. The summed E-state index contributed by atoms with van der Waals surface area (Å²) in [6, 6.07) is 9.34. The summed E-state index contributed by atoms with van der Waals surface area (Å²) in [6.07, 6.45) is 1.74. The maximum atomic E-state index is 12.8. The highest BCUT2D eigenvalue weighted by molar-refractivity contribution is 5.99. The topological polar surface area (TPSA) is 69.9 Å². The number of piperazine rings is 1. The van der Waals surface area contributed by atoms with Crippen LogP contribution in [-0.2, 0) is 9.59 Å². The second-order valence-electron chi connectivity index (χ2n) is 7.40. The van der Waals surface area contributed by atoms with Gasteiger partial charge in [0.2, 0.25) is 11.8 Å². The molecule has 2 heterocycles. The molecule has 0 bridgehead atoms. The number of carbonyl (C=O) groups excluding carboxylic acids is 2. The molecule has 0 aliphatic carbocycles. The zero-order chi connectivity index (χ0) is 18.7. The minimum atomic E-state index is -0.423. The lowest BCUT2D eigenvalue weighted by atomic mass is 9.98. The van der Waals surface area contributed by atoms with Crippen molar-refractivity contribution in [2.24, 2.45) is 11.7 Å². The van der Waals surface area contributed by atoms with Crippen molar-refractivity contribution in [3.63, 3.8) is 0 Å². The molecule has 1 aromatic carbocycles. The van der Waals surface area contributed by atoms with Gasteiger partial charge in [-0.1, -0.05) is 38.5 Å². The molecule has 6 heteroatoms. The fourth-order valence-electron chi connectivity index (χ4n) is 3.83. The highest BCUT2D eigenvalue weighted by Gasteiger charge is 2.38. The second-order valence-corrected chi connectivity index (χ2v) is 7.40. The molecule has 0 saturated carbocycles. The van der Waals surface area contributed by atoms with Crippen molar-refractivity contribution in [2.75, 3.05) is 37.6 Å². The van der Waals surface area contributed by atoms with Gasteiger partial charge in [0.05, 0.1) is 12.1 Å². The van der Waals surface area contributed by atoms with Crippen molar-refractivity contribution < 1.29 is 9.59 Å². The van der Waals surface area contributed by atoms with Crippen LogP contribution in [0.3, 0.4) is 0 Å². The summed E-state index contributed by atoms with van der Waals surface area (Å²) in [7, 11) is 0. The van der Waals surface area contributed by atoms with E-state index in [2.05, 4.69) is 11.8 Å². The molecule has 3 rings (SSSR count). The summed E-state index contributed by atoms with van der Waals surface area (Å²) < 4.78 is 0. The number of nitrogens with zero attached hydrogens (tertiary/aromatic N) is 3. The molecule has 1 aromatic rings. The van der Waals surface area contributed by atoms with E-state index in [0.717, 1.165) is 38.2 Å². The van der Waals surface area contributed by atoms with Gasteiger partial charge in [-0.2, -0.15) is 0 Å². The third-order valence-electron chi connectivity index (χ3n) is 5.85. The van der Waals surface area contributed by atoms with Gasteiger partial charge >= 0.3 is 0 Å². The van der Waals surface area contributed by atoms with Gasteiger partial charge in [0, 0.05) is 38.4 Å². The van der Waals surface area contributed by atoms with Crippen molar-refractivity contribution in [3.8, 4) is 0 Å². The first-order valence-corrected chi connectivity index (χ1v) is 9.67. The van der Waals surface area contributed by atoms with E-state index >= 15 is 0 Å². The summed E-state index contributed by atoms with van der Waals surface area (Å²) >= 11 is 0. The Morgan fingerprint density at radius 1 is 1.15 bits per heavy atom. The number of para-hydroxylation sites is 1. The number of hydrogen-bond donors (Lipinski definition) is 1. The fraction of sp³-hybridized carbons (Fsp3) is 0.600. The molecule has 2 fully saturated rings. The molecular formula is C20H30N4O2. The van der Waals surface area contributed by atoms with Gasteiger partial charge in [0.25, 0.3) is 0 Å². The lowest BCUT2D eigenvalue weighted by molar-refractivity contribution is -0.136. The van der Waals surface area contributed by atoms with Gasteiger partial charge in [0.15, 0.2) is 0 Å². The number of nitrogens with two attached hydrogens (primary N) is 1. The highest BCUT2D eigenvalue weighted by atomic mass is 16.2. The zero-order valence-corrected chi connectivity index (χ0v) is 15.8. The molecule has 3 atom stereocenters. The van der Waals surface area contributed by atoms with E-state index in [0.29, 0.717) is 13.1 Å². The Hall–Kier alpha value is -1.92. The zero-order valence-electron chi connectivity index (χ0n) is 15.8. The predicted molar refractivity (Wildman–Crippen MR) is 103 cm³/mol. The maximum absolute atomic E-state index is 12.8. The maximum Gasteiger partial charge on any atom is 0.244 e. The highest BCUT2D eigenvalue weighted by Crippen LogP contribution is 2.25. The first-order chi connectivity index (χ1) is 12.5.